The van der Waals surface area contributed by atoms with E-state index in [0.717, 1.165) is 67.3 Å². The zero-order chi connectivity index (χ0) is 26.0. The topological polar surface area (TPSA) is 51.0 Å². The van der Waals surface area contributed by atoms with Gasteiger partial charge in [0.05, 0.1) is 0 Å². The third-order valence-corrected chi connectivity index (χ3v) is 6.97. The third kappa shape index (κ3) is 7.37. The van der Waals surface area contributed by atoms with Gasteiger partial charge in [-0.2, -0.15) is 0 Å². The minimum atomic E-state index is 0.0522. The molecule has 4 aromatic carbocycles. The molecule has 196 valence electrons. The highest BCUT2D eigenvalue weighted by Crippen LogP contribution is 2.30. The smallest absolute Gasteiger partial charge is 0.161 e. The molecule has 1 atom stereocenters. The Labute approximate surface area is 226 Å². The first-order chi connectivity index (χ1) is 18.7. The van der Waals surface area contributed by atoms with Crippen molar-refractivity contribution in [3.63, 3.8) is 0 Å². The summed E-state index contributed by atoms with van der Waals surface area (Å²) in [5, 5.41) is 0. The number of para-hydroxylation sites is 1. The van der Waals surface area contributed by atoms with Gasteiger partial charge < -0.3 is 20.1 Å². The molecule has 0 spiro atoms. The van der Waals surface area contributed by atoms with Gasteiger partial charge in [-0.15, -0.1) is 0 Å². The number of ether oxygens (including phenoxy) is 2. The summed E-state index contributed by atoms with van der Waals surface area (Å²) < 4.78 is 12.4. The Kier molecular flexibility index (Phi) is 8.93. The average Bonchev–Trinajstić information content (AvgIpc) is 2.97. The highest BCUT2D eigenvalue weighted by molar-refractivity contribution is 5.46. The SMILES string of the molecule is NC(Cc1ccc(OCc2ccccc2)c(OCc2ccccc2)c1)CN1CCN(c2ccccc2)CC1. The Morgan fingerprint density at radius 2 is 1.16 bits per heavy atom. The lowest BCUT2D eigenvalue weighted by Gasteiger charge is -2.37. The molecule has 1 fully saturated rings. The van der Waals surface area contributed by atoms with E-state index in [9.17, 15) is 0 Å². The summed E-state index contributed by atoms with van der Waals surface area (Å²) in [6, 6.07) is 37.3. The molecule has 0 aliphatic carbocycles. The quantitative estimate of drug-likeness (QED) is 0.289. The van der Waals surface area contributed by atoms with Crippen LogP contribution < -0.4 is 20.1 Å². The lowest BCUT2D eigenvalue weighted by Crippen LogP contribution is -2.50. The van der Waals surface area contributed by atoms with Crippen LogP contribution in [0.5, 0.6) is 11.5 Å². The Hall–Kier alpha value is -3.80. The second-order valence-electron chi connectivity index (χ2n) is 9.92. The second kappa shape index (κ2) is 13.1. The van der Waals surface area contributed by atoms with Crippen molar-refractivity contribution in [2.24, 2.45) is 5.73 Å². The maximum atomic E-state index is 6.64. The minimum absolute atomic E-state index is 0.0522. The van der Waals surface area contributed by atoms with E-state index >= 15 is 0 Å². The van der Waals surface area contributed by atoms with Crippen molar-refractivity contribution in [3.05, 3.63) is 126 Å². The van der Waals surface area contributed by atoms with Crippen molar-refractivity contribution in [1.82, 2.24) is 4.90 Å². The standard InChI is InChI=1S/C33H37N3O2/c34-30(24-35-18-20-36(21-19-35)31-14-8-3-9-15-31)22-29-16-17-32(37-25-27-10-4-1-5-11-27)33(23-29)38-26-28-12-6-2-7-13-28/h1-17,23,30H,18-22,24-26,34H2. The second-order valence-corrected chi connectivity index (χ2v) is 9.92. The number of hydrogen-bond donors (Lipinski definition) is 1. The predicted molar refractivity (Wildman–Crippen MR) is 155 cm³/mol. The van der Waals surface area contributed by atoms with E-state index in [1.807, 2.05) is 42.5 Å². The van der Waals surface area contributed by atoms with Crippen LogP contribution in [0.4, 0.5) is 5.69 Å². The number of anilines is 1. The first kappa shape index (κ1) is 25.8. The molecule has 0 amide bonds. The van der Waals surface area contributed by atoms with Crippen LogP contribution in [0.3, 0.4) is 0 Å². The predicted octanol–water partition coefficient (Wildman–Crippen LogP) is 5.54. The van der Waals surface area contributed by atoms with Crippen LogP contribution >= 0.6 is 0 Å². The van der Waals surface area contributed by atoms with Crippen molar-refractivity contribution in [2.45, 2.75) is 25.7 Å². The molecule has 0 bridgehead atoms. The number of rotatable bonds is 11. The van der Waals surface area contributed by atoms with Crippen LogP contribution in [0.1, 0.15) is 16.7 Å². The fourth-order valence-electron chi connectivity index (χ4n) is 4.91. The number of benzene rings is 4. The Bertz CT molecular complexity index is 1240. The molecule has 1 unspecified atom stereocenters. The van der Waals surface area contributed by atoms with Crippen LogP contribution in [0.25, 0.3) is 0 Å². The summed E-state index contributed by atoms with van der Waals surface area (Å²) >= 11 is 0. The van der Waals surface area contributed by atoms with Crippen LogP contribution in [-0.2, 0) is 19.6 Å². The van der Waals surface area contributed by atoms with Crippen LogP contribution in [0, 0.1) is 0 Å². The van der Waals surface area contributed by atoms with Gasteiger partial charge in [0, 0.05) is 44.5 Å². The van der Waals surface area contributed by atoms with Gasteiger partial charge in [0.25, 0.3) is 0 Å². The maximum absolute atomic E-state index is 6.64. The normalized spacial score (nSPS) is 14.7. The van der Waals surface area contributed by atoms with Gasteiger partial charge in [-0.05, 0) is 47.4 Å². The van der Waals surface area contributed by atoms with Gasteiger partial charge in [-0.3, -0.25) is 4.90 Å². The van der Waals surface area contributed by atoms with Crippen molar-refractivity contribution < 1.29 is 9.47 Å². The molecule has 4 aromatic rings. The molecule has 1 aliphatic rings. The summed E-state index contributed by atoms with van der Waals surface area (Å²) in [6.45, 7) is 5.99. The van der Waals surface area contributed by atoms with E-state index in [0.29, 0.717) is 13.2 Å². The highest BCUT2D eigenvalue weighted by atomic mass is 16.5. The van der Waals surface area contributed by atoms with E-state index in [1.54, 1.807) is 0 Å². The highest BCUT2D eigenvalue weighted by Gasteiger charge is 2.19. The summed E-state index contributed by atoms with van der Waals surface area (Å²) in [6.07, 6.45) is 0.791. The molecule has 0 radical (unpaired) electrons. The molecule has 2 N–H and O–H groups in total. The average molecular weight is 508 g/mol. The number of nitrogens with two attached hydrogens (primary N) is 1. The van der Waals surface area contributed by atoms with E-state index in [4.69, 9.17) is 15.2 Å². The molecule has 5 rings (SSSR count). The summed E-state index contributed by atoms with van der Waals surface area (Å²) in [7, 11) is 0. The van der Waals surface area contributed by atoms with Gasteiger partial charge in [0.1, 0.15) is 13.2 Å². The largest absolute Gasteiger partial charge is 0.485 e. The lowest BCUT2D eigenvalue weighted by atomic mass is 10.0. The first-order valence-corrected chi connectivity index (χ1v) is 13.5. The molecular weight excluding hydrogens is 470 g/mol. The molecule has 1 heterocycles. The zero-order valence-corrected chi connectivity index (χ0v) is 21.9. The first-order valence-electron chi connectivity index (χ1n) is 13.5. The van der Waals surface area contributed by atoms with Crippen LogP contribution in [0.2, 0.25) is 0 Å². The number of piperazine rings is 1. The van der Waals surface area contributed by atoms with Gasteiger partial charge in [0.2, 0.25) is 0 Å². The summed E-state index contributed by atoms with van der Waals surface area (Å²) in [5.74, 6) is 1.50. The molecule has 1 saturated heterocycles. The van der Waals surface area contributed by atoms with E-state index < -0.39 is 0 Å². The van der Waals surface area contributed by atoms with Crippen LogP contribution in [-0.4, -0.2) is 43.7 Å². The number of hydrogen-bond acceptors (Lipinski definition) is 5. The fraction of sp³-hybridized carbons (Fsp3) is 0.273. The molecule has 5 heteroatoms. The van der Waals surface area contributed by atoms with Gasteiger partial charge in [0.15, 0.2) is 11.5 Å². The Morgan fingerprint density at radius 1 is 0.605 bits per heavy atom. The number of nitrogens with zero attached hydrogens (tertiary/aromatic N) is 2. The maximum Gasteiger partial charge on any atom is 0.161 e. The molecule has 1 aliphatic heterocycles. The molecular formula is C33H37N3O2. The van der Waals surface area contributed by atoms with Crippen molar-refractivity contribution >= 4 is 5.69 Å². The van der Waals surface area contributed by atoms with E-state index in [-0.39, 0.29) is 6.04 Å². The fourth-order valence-corrected chi connectivity index (χ4v) is 4.91. The van der Waals surface area contributed by atoms with E-state index in [2.05, 4.69) is 76.5 Å². The third-order valence-electron chi connectivity index (χ3n) is 6.97. The van der Waals surface area contributed by atoms with Crippen molar-refractivity contribution in [2.75, 3.05) is 37.6 Å². The van der Waals surface area contributed by atoms with Gasteiger partial charge >= 0.3 is 0 Å². The molecule has 5 nitrogen and oxygen atoms in total. The molecule has 0 saturated carbocycles. The minimum Gasteiger partial charge on any atom is -0.485 e. The Balaban J connectivity index is 1.19. The molecule has 0 aromatic heterocycles. The van der Waals surface area contributed by atoms with Crippen molar-refractivity contribution in [1.29, 1.82) is 0 Å². The van der Waals surface area contributed by atoms with Crippen LogP contribution in [0.15, 0.2) is 109 Å². The van der Waals surface area contributed by atoms with Crippen molar-refractivity contribution in [3.8, 4) is 11.5 Å². The Morgan fingerprint density at radius 3 is 1.76 bits per heavy atom. The summed E-state index contributed by atoms with van der Waals surface area (Å²) in [4.78, 5) is 4.93. The lowest BCUT2D eigenvalue weighted by molar-refractivity contribution is 0.241. The zero-order valence-electron chi connectivity index (χ0n) is 21.9. The van der Waals surface area contributed by atoms with Gasteiger partial charge in [-0.1, -0.05) is 84.9 Å². The molecule has 38 heavy (non-hydrogen) atoms. The van der Waals surface area contributed by atoms with Gasteiger partial charge in [-0.25, -0.2) is 0 Å². The summed E-state index contributed by atoms with van der Waals surface area (Å²) in [5.41, 5.74) is 11.4. The monoisotopic (exact) mass is 507 g/mol. The van der Waals surface area contributed by atoms with E-state index in [1.165, 1.54) is 5.69 Å².